The Kier molecular flexibility index (Phi) is 5.26. The number of benzene rings is 1. The Morgan fingerprint density at radius 2 is 2.03 bits per heavy atom. The SMILES string of the molecule is CC1(n2c(CBr)c(-c3noc(C4CC4)c3C(=O)OCc3ccccc3)c3c(Cl)ncnc32)CC1. The van der Waals surface area contributed by atoms with Crippen LogP contribution in [0.25, 0.3) is 22.3 Å². The number of alkyl halides is 1. The van der Waals surface area contributed by atoms with E-state index in [2.05, 4.69) is 42.5 Å². The Morgan fingerprint density at radius 1 is 1.26 bits per heavy atom. The van der Waals surface area contributed by atoms with Gasteiger partial charge in [-0.2, -0.15) is 0 Å². The number of hydrogen-bond donors (Lipinski definition) is 0. The number of rotatable bonds is 7. The largest absolute Gasteiger partial charge is 0.457 e. The average molecular weight is 542 g/mol. The van der Waals surface area contributed by atoms with E-state index < -0.39 is 5.97 Å². The maximum Gasteiger partial charge on any atom is 0.344 e. The number of esters is 1. The normalized spacial score (nSPS) is 16.7. The minimum absolute atomic E-state index is 0.0612. The molecule has 0 atom stereocenters. The molecule has 3 aromatic heterocycles. The van der Waals surface area contributed by atoms with Gasteiger partial charge in [0.2, 0.25) is 0 Å². The van der Waals surface area contributed by atoms with Gasteiger partial charge in [0.15, 0.2) is 5.76 Å². The topological polar surface area (TPSA) is 83.0 Å². The zero-order chi connectivity index (χ0) is 23.4. The van der Waals surface area contributed by atoms with Crippen molar-refractivity contribution in [1.29, 1.82) is 0 Å². The number of carbonyl (C=O) groups is 1. The second-order valence-electron chi connectivity index (χ2n) is 9.26. The van der Waals surface area contributed by atoms with Crippen molar-refractivity contribution in [3.8, 4) is 11.3 Å². The monoisotopic (exact) mass is 540 g/mol. The second-order valence-corrected chi connectivity index (χ2v) is 10.2. The molecule has 3 heterocycles. The van der Waals surface area contributed by atoms with E-state index in [-0.39, 0.29) is 18.1 Å². The first-order valence-electron chi connectivity index (χ1n) is 11.3. The highest BCUT2D eigenvalue weighted by molar-refractivity contribution is 9.08. The molecule has 0 bridgehead atoms. The summed E-state index contributed by atoms with van der Waals surface area (Å²) in [6.07, 6.45) is 5.47. The van der Waals surface area contributed by atoms with Gasteiger partial charge in [0.1, 0.15) is 35.0 Å². The molecule has 1 aromatic carbocycles. The fourth-order valence-electron chi connectivity index (χ4n) is 4.58. The van der Waals surface area contributed by atoms with Crippen molar-refractivity contribution in [1.82, 2.24) is 19.7 Å². The Hall–Kier alpha value is -2.71. The quantitative estimate of drug-likeness (QED) is 0.153. The summed E-state index contributed by atoms with van der Waals surface area (Å²) >= 11 is 10.3. The zero-order valence-electron chi connectivity index (χ0n) is 18.6. The summed E-state index contributed by atoms with van der Waals surface area (Å²) < 4.78 is 13.7. The third-order valence-electron chi connectivity index (χ3n) is 6.76. The van der Waals surface area contributed by atoms with Crippen LogP contribution < -0.4 is 0 Å². The molecule has 2 aliphatic rings. The van der Waals surface area contributed by atoms with Crippen molar-refractivity contribution >= 4 is 44.5 Å². The number of ether oxygens (including phenoxy) is 1. The lowest BCUT2D eigenvalue weighted by atomic mass is 10.0. The van der Waals surface area contributed by atoms with E-state index in [1.807, 2.05) is 30.3 Å². The Morgan fingerprint density at radius 3 is 2.71 bits per heavy atom. The van der Waals surface area contributed by atoms with Crippen LogP contribution in [-0.4, -0.2) is 25.7 Å². The number of halogens is 2. The molecule has 174 valence electrons. The molecule has 9 heteroatoms. The van der Waals surface area contributed by atoms with Crippen LogP contribution in [0.2, 0.25) is 5.15 Å². The van der Waals surface area contributed by atoms with Crippen molar-refractivity contribution in [2.24, 2.45) is 0 Å². The van der Waals surface area contributed by atoms with E-state index in [0.717, 1.165) is 48.2 Å². The molecular weight excluding hydrogens is 520 g/mol. The number of carbonyl (C=O) groups excluding carboxylic acids is 1. The average Bonchev–Trinajstić information content (AvgIpc) is 3.75. The minimum Gasteiger partial charge on any atom is -0.457 e. The summed E-state index contributed by atoms with van der Waals surface area (Å²) in [5.41, 5.74) is 4.09. The fraction of sp³-hybridized carbons (Fsp3) is 0.360. The van der Waals surface area contributed by atoms with E-state index in [1.54, 1.807) is 0 Å². The third kappa shape index (κ3) is 3.55. The van der Waals surface area contributed by atoms with Crippen LogP contribution in [0.1, 0.15) is 65.9 Å². The predicted octanol–water partition coefficient (Wildman–Crippen LogP) is 6.38. The third-order valence-corrected chi connectivity index (χ3v) is 7.58. The maximum absolute atomic E-state index is 13.5. The van der Waals surface area contributed by atoms with E-state index in [9.17, 15) is 4.79 Å². The number of hydrogen-bond acceptors (Lipinski definition) is 6. The smallest absolute Gasteiger partial charge is 0.344 e. The van der Waals surface area contributed by atoms with Gasteiger partial charge in [0.25, 0.3) is 0 Å². The molecule has 2 fully saturated rings. The number of fused-ring (bicyclic) bond motifs is 1. The van der Waals surface area contributed by atoms with Crippen molar-refractivity contribution < 1.29 is 14.1 Å². The van der Waals surface area contributed by atoms with Gasteiger partial charge >= 0.3 is 5.97 Å². The molecule has 4 aromatic rings. The van der Waals surface area contributed by atoms with Gasteiger partial charge in [-0.05, 0) is 38.2 Å². The van der Waals surface area contributed by atoms with Gasteiger partial charge in [-0.1, -0.05) is 63.0 Å². The second kappa shape index (κ2) is 8.20. The molecule has 6 rings (SSSR count). The molecule has 0 saturated heterocycles. The molecule has 34 heavy (non-hydrogen) atoms. The lowest BCUT2D eigenvalue weighted by Crippen LogP contribution is -2.15. The maximum atomic E-state index is 13.5. The van der Waals surface area contributed by atoms with Crippen LogP contribution in [-0.2, 0) is 22.2 Å². The molecular formula is C25H22BrClN4O3. The van der Waals surface area contributed by atoms with Crippen LogP contribution in [0.15, 0.2) is 41.2 Å². The minimum atomic E-state index is -0.450. The summed E-state index contributed by atoms with van der Waals surface area (Å²) in [6, 6.07) is 9.61. The van der Waals surface area contributed by atoms with E-state index in [1.165, 1.54) is 6.33 Å². The first-order chi connectivity index (χ1) is 16.5. The highest BCUT2D eigenvalue weighted by Crippen LogP contribution is 2.51. The van der Waals surface area contributed by atoms with E-state index in [0.29, 0.717) is 32.9 Å². The summed E-state index contributed by atoms with van der Waals surface area (Å²) in [5.74, 6) is 0.308. The van der Waals surface area contributed by atoms with Crippen LogP contribution in [0.3, 0.4) is 0 Å². The van der Waals surface area contributed by atoms with Gasteiger partial charge in [0, 0.05) is 28.0 Å². The van der Waals surface area contributed by atoms with E-state index in [4.69, 9.17) is 20.9 Å². The number of aromatic nitrogens is 4. The predicted molar refractivity (Wildman–Crippen MR) is 131 cm³/mol. The summed E-state index contributed by atoms with van der Waals surface area (Å²) in [5, 5.41) is 5.96. The molecule has 0 amide bonds. The Labute approximate surface area is 209 Å². The van der Waals surface area contributed by atoms with Crippen LogP contribution in [0, 0.1) is 0 Å². The molecule has 7 nitrogen and oxygen atoms in total. The molecule has 2 saturated carbocycles. The van der Waals surface area contributed by atoms with Crippen molar-refractivity contribution in [3.63, 3.8) is 0 Å². The zero-order valence-corrected chi connectivity index (χ0v) is 20.9. The molecule has 0 spiro atoms. The van der Waals surface area contributed by atoms with Crippen LogP contribution in [0.5, 0.6) is 0 Å². The first-order valence-corrected chi connectivity index (χ1v) is 12.8. The standard InChI is InChI=1S/C25H22BrClN4O3/c1-25(9-10-25)31-16(11-26)17(18-22(27)28-13-29-23(18)31)20-19(21(34-30-20)15-7-8-15)24(32)33-12-14-5-3-2-4-6-14/h2-6,13,15H,7-12H2,1H3. The van der Waals surface area contributed by atoms with Gasteiger partial charge in [-0.25, -0.2) is 14.8 Å². The van der Waals surface area contributed by atoms with Gasteiger partial charge in [0.05, 0.1) is 5.39 Å². The lowest BCUT2D eigenvalue weighted by molar-refractivity contribution is 0.0471. The molecule has 0 unspecified atom stereocenters. The lowest BCUT2D eigenvalue weighted by Gasteiger charge is -2.16. The number of nitrogens with zero attached hydrogens (tertiary/aromatic N) is 4. The Balaban J connectivity index is 1.52. The Bertz CT molecular complexity index is 1410. The first kappa shape index (κ1) is 21.8. The van der Waals surface area contributed by atoms with Gasteiger partial charge < -0.3 is 13.8 Å². The molecule has 0 radical (unpaired) electrons. The van der Waals surface area contributed by atoms with Crippen LogP contribution in [0.4, 0.5) is 0 Å². The highest BCUT2D eigenvalue weighted by Gasteiger charge is 2.44. The summed E-state index contributed by atoms with van der Waals surface area (Å²) in [4.78, 5) is 22.3. The van der Waals surface area contributed by atoms with Gasteiger partial charge in [-0.15, -0.1) is 0 Å². The molecule has 0 N–H and O–H groups in total. The fourth-order valence-corrected chi connectivity index (χ4v) is 5.34. The van der Waals surface area contributed by atoms with Crippen molar-refractivity contribution in [3.05, 3.63) is 64.4 Å². The molecule has 2 aliphatic carbocycles. The summed E-state index contributed by atoms with van der Waals surface area (Å²) in [6.45, 7) is 2.37. The highest BCUT2D eigenvalue weighted by atomic mass is 79.9. The van der Waals surface area contributed by atoms with Gasteiger partial charge in [-0.3, -0.25) is 0 Å². The summed E-state index contributed by atoms with van der Waals surface area (Å²) in [7, 11) is 0. The van der Waals surface area contributed by atoms with Crippen molar-refractivity contribution in [2.45, 2.75) is 56.0 Å². The molecule has 0 aliphatic heterocycles. The van der Waals surface area contributed by atoms with Crippen LogP contribution >= 0.6 is 27.5 Å². The van der Waals surface area contributed by atoms with E-state index >= 15 is 0 Å². The van der Waals surface area contributed by atoms with Crippen molar-refractivity contribution in [2.75, 3.05) is 0 Å².